The molecule has 2 aliphatic rings. The van der Waals surface area contributed by atoms with Crippen molar-refractivity contribution in [3.63, 3.8) is 0 Å². The van der Waals surface area contributed by atoms with Crippen molar-refractivity contribution in [3.8, 4) is 5.75 Å². The Morgan fingerprint density at radius 2 is 1.95 bits per heavy atom. The summed E-state index contributed by atoms with van der Waals surface area (Å²) in [5.41, 5.74) is 1.74. The molecule has 3 rings (SSSR count). The molecule has 124 valence electrons. The molecule has 2 atom stereocenters. The van der Waals surface area contributed by atoms with Gasteiger partial charge in [0, 0.05) is 5.41 Å². The van der Waals surface area contributed by atoms with Crippen LogP contribution < -0.4 is 5.32 Å². The van der Waals surface area contributed by atoms with Gasteiger partial charge in [0.05, 0.1) is 5.60 Å². The first-order valence-electron chi connectivity index (χ1n) is 8.37. The molecule has 0 radical (unpaired) electrons. The predicted octanol–water partition coefficient (Wildman–Crippen LogP) is 3.30. The monoisotopic (exact) mass is 325 g/mol. The molecule has 1 aromatic carbocycles. The zero-order chi connectivity index (χ0) is 14.9. The lowest BCUT2D eigenvalue weighted by Gasteiger charge is -2.55. The maximum absolute atomic E-state index is 11.4. The van der Waals surface area contributed by atoms with E-state index in [4.69, 9.17) is 0 Å². The second-order valence-electron chi connectivity index (χ2n) is 6.77. The van der Waals surface area contributed by atoms with Crippen LogP contribution in [0.25, 0.3) is 0 Å². The fourth-order valence-corrected chi connectivity index (χ4v) is 4.61. The summed E-state index contributed by atoms with van der Waals surface area (Å²) in [6, 6.07) is 5.74. The van der Waals surface area contributed by atoms with E-state index in [0.29, 0.717) is 5.75 Å². The van der Waals surface area contributed by atoms with Crippen molar-refractivity contribution in [1.82, 2.24) is 5.32 Å². The second-order valence-corrected chi connectivity index (χ2v) is 6.77. The first-order chi connectivity index (χ1) is 10.1. The molecule has 0 aromatic heterocycles. The largest absolute Gasteiger partial charge is 0.508 e. The van der Waals surface area contributed by atoms with Crippen molar-refractivity contribution in [3.05, 3.63) is 29.3 Å². The third-order valence-electron chi connectivity index (χ3n) is 5.73. The maximum Gasteiger partial charge on any atom is 0.115 e. The summed E-state index contributed by atoms with van der Waals surface area (Å²) in [6.45, 7) is 4.00. The van der Waals surface area contributed by atoms with Crippen LogP contribution in [0.1, 0.15) is 56.6 Å². The van der Waals surface area contributed by atoms with Gasteiger partial charge in [0.15, 0.2) is 0 Å². The van der Waals surface area contributed by atoms with Gasteiger partial charge in [-0.15, -0.1) is 12.4 Å². The first kappa shape index (κ1) is 17.6. The SMILES string of the molecule is CCNCCC12CCCCC1(O)CCc1ccc(O)cc12.Cl. The smallest absolute Gasteiger partial charge is 0.115 e. The molecule has 0 spiro atoms. The van der Waals surface area contributed by atoms with Gasteiger partial charge >= 0.3 is 0 Å². The standard InChI is InChI=1S/C18H27NO2.ClH/c1-2-19-12-11-17-8-3-4-9-18(17,21)10-7-14-5-6-15(20)13-16(14)17;/h5-6,13,19-21H,2-4,7-12H2,1H3;1H. The number of halogens is 1. The molecule has 0 amide bonds. The van der Waals surface area contributed by atoms with Gasteiger partial charge in [-0.25, -0.2) is 0 Å². The van der Waals surface area contributed by atoms with Gasteiger partial charge < -0.3 is 15.5 Å². The van der Waals surface area contributed by atoms with E-state index in [1.807, 2.05) is 12.1 Å². The quantitative estimate of drug-likeness (QED) is 0.744. The number of aliphatic hydroxyl groups is 1. The third-order valence-corrected chi connectivity index (χ3v) is 5.73. The number of aromatic hydroxyl groups is 1. The van der Waals surface area contributed by atoms with Crippen molar-refractivity contribution in [2.24, 2.45) is 0 Å². The zero-order valence-electron chi connectivity index (χ0n) is 13.4. The molecule has 0 heterocycles. The van der Waals surface area contributed by atoms with Crippen LogP contribution in [0.3, 0.4) is 0 Å². The van der Waals surface area contributed by atoms with Crippen LogP contribution in [0.5, 0.6) is 5.75 Å². The predicted molar refractivity (Wildman–Crippen MR) is 91.9 cm³/mol. The summed E-state index contributed by atoms with van der Waals surface area (Å²) in [4.78, 5) is 0. The maximum atomic E-state index is 11.4. The highest BCUT2D eigenvalue weighted by Crippen LogP contribution is 2.55. The van der Waals surface area contributed by atoms with Crippen LogP contribution in [0.15, 0.2) is 18.2 Å². The van der Waals surface area contributed by atoms with Crippen LogP contribution >= 0.6 is 12.4 Å². The highest BCUT2D eigenvalue weighted by atomic mass is 35.5. The van der Waals surface area contributed by atoms with Crippen molar-refractivity contribution < 1.29 is 10.2 Å². The number of nitrogens with one attached hydrogen (secondary N) is 1. The van der Waals surface area contributed by atoms with E-state index in [-0.39, 0.29) is 17.8 Å². The fraction of sp³-hybridized carbons (Fsp3) is 0.667. The van der Waals surface area contributed by atoms with Gasteiger partial charge in [0.1, 0.15) is 5.75 Å². The van der Waals surface area contributed by atoms with Gasteiger partial charge in [-0.05, 0) is 68.5 Å². The number of phenolic OH excluding ortho intramolecular Hbond substituents is 1. The summed E-state index contributed by atoms with van der Waals surface area (Å²) in [5, 5.41) is 24.7. The Morgan fingerprint density at radius 3 is 2.73 bits per heavy atom. The number of rotatable bonds is 4. The summed E-state index contributed by atoms with van der Waals surface area (Å²) in [6.07, 6.45) is 6.95. The number of hydrogen-bond acceptors (Lipinski definition) is 3. The molecule has 0 bridgehead atoms. The Hall–Kier alpha value is -0.770. The summed E-state index contributed by atoms with van der Waals surface area (Å²) < 4.78 is 0. The average Bonchev–Trinajstić information content (AvgIpc) is 2.48. The van der Waals surface area contributed by atoms with E-state index in [1.54, 1.807) is 6.07 Å². The zero-order valence-corrected chi connectivity index (χ0v) is 14.2. The number of phenols is 1. The van der Waals surface area contributed by atoms with Crippen LogP contribution in [0, 0.1) is 0 Å². The molecule has 22 heavy (non-hydrogen) atoms. The third kappa shape index (κ3) is 2.75. The lowest BCUT2D eigenvalue weighted by atomic mass is 9.53. The fourth-order valence-electron chi connectivity index (χ4n) is 4.61. The number of fused-ring (bicyclic) bond motifs is 3. The second kappa shape index (κ2) is 6.77. The van der Waals surface area contributed by atoms with E-state index < -0.39 is 5.60 Å². The number of hydrogen-bond donors (Lipinski definition) is 3. The number of aryl methyl sites for hydroxylation is 1. The van der Waals surface area contributed by atoms with Gasteiger partial charge in [0.2, 0.25) is 0 Å². The molecule has 1 saturated carbocycles. The summed E-state index contributed by atoms with van der Waals surface area (Å²) in [7, 11) is 0. The van der Waals surface area contributed by atoms with Crippen LogP contribution in [0.2, 0.25) is 0 Å². The Balaban J connectivity index is 0.00000176. The van der Waals surface area contributed by atoms with Crippen molar-refractivity contribution in [2.75, 3.05) is 13.1 Å². The summed E-state index contributed by atoms with van der Waals surface area (Å²) >= 11 is 0. The van der Waals surface area contributed by atoms with Gasteiger partial charge in [-0.1, -0.05) is 25.8 Å². The van der Waals surface area contributed by atoms with E-state index >= 15 is 0 Å². The Bertz CT molecular complexity index is 522. The van der Waals surface area contributed by atoms with E-state index in [2.05, 4.69) is 12.2 Å². The molecule has 3 N–H and O–H groups in total. The van der Waals surface area contributed by atoms with E-state index in [1.165, 1.54) is 17.5 Å². The normalized spacial score (nSPS) is 30.1. The minimum absolute atomic E-state index is 0. The highest BCUT2D eigenvalue weighted by Gasteiger charge is 2.54. The van der Waals surface area contributed by atoms with Gasteiger partial charge in [-0.3, -0.25) is 0 Å². The van der Waals surface area contributed by atoms with Crippen LogP contribution in [-0.4, -0.2) is 28.9 Å². The Labute approximate surface area is 139 Å². The first-order valence-corrected chi connectivity index (χ1v) is 8.37. The Morgan fingerprint density at radius 1 is 1.18 bits per heavy atom. The molecule has 1 aromatic rings. The lowest BCUT2D eigenvalue weighted by Crippen LogP contribution is -2.57. The van der Waals surface area contributed by atoms with Crippen molar-refractivity contribution >= 4 is 12.4 Å². The lowest BCUT2D eigenvalue weighted by molar-refractivity contribution is -0.0868. The van der Waals surface area contributed by atoms with Gasteiger partial charge in [0.25, 0.3) is 0 Å². The number of benzene rings is 1. The highest BCUT2D eigenvalue weighted by molar-refractivity contribution is 5.85. The Kier molecular flexibility index (Phi) is 5.41. The molecule has 2 aliphatic carbocycles. The minimum Gasteiger partial charge on any atom is -0.508 e. The van der Waals surface area contributed by atoms with Crippen LogP contribution in [-0.2, 0) is 11.8 Å². The minimum atomic E-state index is -0.596. The van der Waals surface area contributed by atoms with Crippen LogP contribution in [0.4, 0.5) is 0 Å². The molecule has 0 saturated heterocycles. The molecular formula is C18H28ClNO2. The van der Waals surface area contributed by atoms with Gasteiger partial charge in [-0.2, -0.15) is 0 Å². The molecule has 2 unspecified atom stereocenters. The van der Waals surface area contributed by atoms with E-state index in [0.717, 1.165) is 51.6 Å². The van der Waals surface area contributed by atoms with Crippen molar-refractivity contribution in [2.45, 2.75) is 62.9 Å². The van der Waals surface area contributed by atoms with Crippen molar-refractivity contribution in [1.29, 1.82) is 0 Å². The molecule has 3 nitrogen and oxygen atoms in total. The molecule has 0 aliphatic heterocycles. The topological polar surface area (TPSA) is 52.5 Å². The summed E-state index contributed by atoms with van der Waals surface area (Å²) in [5.74, 6) is 0.325. The average molecular weight is 326 g/mol. The molecule has 1 fully saturated rings. The molecule has 4 heteroatoms. The molecular weight excluding hydrogens is 298 g/mol. The van der Waals surface area contributed by atoms with E-state index in [9.17, 15) is 10.2 Å².